The summed E-state index contributed by atoms with van der Waals surface area (Å²) in [6.07, 6.45) is 0. The summed E-state index contributed by atoms with van der Waals surface area (Å²) < 4.78 is 16.0. The van der Waals surface area contributed by atoms with E-state index in [-0.39, 0.29) is 19.0 Å². The first-order chi connectivity index (χ1) is 12.9. The number of ketones is 1. The number of aromatic nitrogens is 1. The van der Waals surface area contributed by atoms with Gasteiger partial charge < -0.3 is 14.0 Å². The highest BCUT2D eigenvalue weighted by Crippen LogP contribution is 2.19. The predicted molar refractivity (Wildman–Crippen MR) is 100 cm³/mol. The molecule has 0 bridgehead atoms. The molecule has 0 saturated heterocycles. The summed E-state index contributed by atoms with van der Waals surface area (Å²) in [7, 11) is 0. The van der Waals surface area contributed by atoms with E-state index in [1.54, 1.807) is 30.3 Å². The maximum Gasteiger partial charge on any atom is 0.338 e. The zero-order valence-electron chi connectivity index (χ0n) is 15.3. The molecule has 0 atom stereocenters. The Morgan fingerprint density at radius 3 is 2.63 bits per heavy atom. The average molecular weight is 385 g/mol. The van der Waals surface area contributed by atoms with Crippen molar-refractivity contribution in [3.8, 4) is 5.75 Å². The lowest BCUT2D eigenvalue weighted by atomic mass is 10.2. The number of Topliss-reactive ketones (excluding diaryl/α,β-unsaturated/α-hetero) is 1. The van der Waals surface area contributed by atoms with Gasteiger partial charge in [-0.3, -0.25) is 4.79 Å². The Morgan fingerprint density at radius 1 is 1.15 bits per heavy atom. The second-order valence-electron chi connectivity index (χ2n) is 6.03. The van der Waals surface area contributed by atoms with Gasteiger partial charge in [-0.1, -0.05) is 11.2 Å². The van der Waals surface area contributed by atoms with E-state index in [1.807, 2.05) is 26.8 Å². The molecule has 2 aromatic heterocycles. The van der Waals surface area contributed by atoms with Crippen molar-refractivity contribution in [2.75, 3.05) is 6.61 Å². The van der Waals surface area contributed by atoms with E-state index in [1.165, 1.54) is 11.3 Å². The van der Waals surface area contributed by atoms with Gasteiger partial charge in [-0.15, -0.1) is 11.3 Å². The number of hydrogen-bond acceptors (Lipinski definition) is 7. The van der Waals surface area contributed by atoms with Gasteiger partial charge in [0.05, 0.1) is 21.7 Å². The van der Waals surface area contributed by atoms with Crippen LogP contribution in [0.2, 0.25) is 0 Å². The van der Waals surface area contributed by atoms with Crippen LogP contribution in [0.1, 0.15) is 41.9 Å². The van der Waals surface area contributed by atoms with Gasteiger partial charge in [0.1, 0.15) is 18.1 Å². The first-order valence-corrected chi connectivity index (χ1v) is 9.17. The Balaban J connectivity index is 1.59. The Labute approximate surface area is 160 Å². The Morgan fingerprint density at radius 2 is 1.96 bits per heavy atom. The van der Waals surface area contributed by atoms with Gasteiger partial charge >= 0.3 is 5.97 Å². The molecular formula is C20H19NO5S. The van der Waals surface area contributed by atoms with E-state index in [4.69, 9.17) is 14.0 Å². The molecule has 0 spiro atoms. The fraction of sp³-hybridized carbons (Fsp3) is 0.250. The third kappa shape index (κ3) is 4.62. The van der Waals surface area contributed by atoms with Gasteiger partial charge in [0.25, 0.3) is 0 Å². The van der Waals surface area contributed by atoms with Gasteiger partial charge in [-0.25, -0.2) is 4.79 Å². The molecule has 140 valence electrons. The smallest absolute Gasteiger partial charge is 0.338 e. The van der Waals surface area contributed by atoms with E-state index in [9.17, 15) is 9.59 Å². The van der Waals surface area contributed by atoms with Gasteiger partial charge in [0.2, 0.25) is 5.78 Å². The standard InChI is InChI=1S/C20H19NO5S/c1-12-7-8-19(27-12)18(22)11-25-20(23)15-5-4-6-16(9-15)24-10-17-13(2)21-26-14(17)3/h4-9H,10-11H2,1-3H3. The number of carbonyl (C=O) groups excluding carboxylic acids is 2. The minimum atomic E-state index is -0.570. The van der Waals surface area contributed by atoms with Crippen LogP contribution in [0, 0.1) is 20.8 Å². The van der Waals surface area contributed by atoms with E-state index in [0.29, 0.717) is 22.0 Å². The molecule has 0 aliphatic rings. The van der Waals surface area contributed by atoms with E-state index in [2.05, 4.69) is 5.16 Å². The van der Waals surface area contributed by atoms with Crippen LogP contribution in [0.5, 0.6) is 5.75 Å². The second kappa shape index (κ2) is 8.18. The lowest BCUT2D eigenvalue weighted by molar-refractivity contribution is 0.0475. The van der Waals surface area contributed by atoms with E-state index in [0.717, 1.165) is 16.1 Å². The van der Waals surface area contributed by atoms with Crippen molar-refractivity contribution in [2.45, 2.75) is 27.4 Å². The third-order valence-electron chi connectivity index (χ3n) is 3.98. The summed E-state index contributed by atoms with van der Waals surface area (Å²) >= 11 is 1.38. The van der Waals surface area contributed by atoms with Crippen molar-refractivity contribution < 1.29 is 23.6 Å². The summed E-state index contributed by atoms with van der Waals surface area (Å²) in [4.78, 5) is 25.9. The molecule has 0 unspecified atom stereocenters. The normalized spacial score (nSPS) is 10.6. The van der Waals surface area contributed by atoms with Crippen LogP contribution in [0.25, 0.3) is 0 Å². The van der Waals surface area contributed by atoms with Gasteiger partial charge in [0, 0.05) is 4.88 Å². The molecule has 0 radical (unpaired) electrons. The first kappa shape index (κ1) is 18.8. The molecule has 0 amide bonds. The topological polar surface area (TPSA) is 78.6 Å². The van der Waals surface area contributed by atoms with Crippen LogP contribution in [0.4, 0.5) is 0 Å². The maximum atomic E-state index is 12.2. The highest BCUT2D eigenvalue weighted by Gasteiger charge is 2.14. The molecule has 7 heteroatoms. The molecule has 0 aliphatic heterocycles. The van der Waals surface area contributed by atoms with E-state index < -0.39 is 5.97 Å². The van der Waals surface area contributed by atoms with Crippen molar-refractivity contribution in [1.29, 1.82) is 0 Å². The molecule has 3 aromatic rings. The van der Waals surface area contributed by atoms with Gasteiger partial charge in [-0.05, 0) is 51.1 Å². The Hall–Kier alpha value is -2.93. The summed E-state index contributed by atoms with van der Waals surface area (Å²) in [5.41, 5.74) is 1.96. The summed E-state index contributed by atoms with van der Waals surface area (Å²) in [6.45, 7) is 5.58. The van der Waals surface area contributed by atoms with E-state index >= 15 is 0 Å². The molecule has 0 fully saturated rings. The SMILES string of the molecule is Cc1ccc(C(=O)COC(=O)c2cccc(OCc3c(C)noc3C)c2)s1. The number of hydrogen-bond donors (Lipinski definition) is 0. The number of esters is 1. The molecule has 0 N–H and O–H groups in total. The summed E-state index contributed by atoms with van der Waals surface area (Å²) in [5, 5.41) is 3.88. The van der Waals surface area contributed by atoms with Crippen molar-refractivity contribution in [3.05, 3.63) is 68.7 Å². The number of benzene rings is 1. The molecule has 2 heterocycles. The minimum Gasteiger partial charge on any atom is -0.489 e. The number of nitrogens with zero attached hydrogens (tertiary/aromatic N) is 1. The van der Waals surface area contributed by atoms with Crippen LogP contribution >= 0.6 is 11.3 Å². The summed E-state index contributed by atoms with van der Waals surface area (Å²) in [6, 6.07) is 10.2. The van der Waals surface area contributed by atoms with Crippen LogP contribution < -0.4 is 4.74 Å². The molecular weight excluding hydrogens is 366 g/mol. The Bertz CT molecular complexity index is 953. The molecule has 0 saturated carbocycles. The van der Waals surface area contributed by atoms with Crippen molar-refractivity contribution in [1.82, 2.24) is 5.16 Å². The van der Waals surface area contributed by atoms with Crippen molar-refractivity contribution in [3.63, 3.8) is 0 Å². The number of aryl methyl sites for hydroxylation is 3. The van der Waals surface area contributed by atoms with Crippen LogP contribution in [0.15, 0.2) is 40.9 Å². The van der Waals surface area contributed by atoms with Crippen LogP contribution in [-0.2, 0) is 11.3 Å². The number of carbonyl (C=O) groups is 2. The predicted octanol–water partition coefficient (Wildman–Crippen LogP) is 4.28. The minimum absolute atomic E-state index is 0.215. The molecule has 1 aromatic carbocycles. The van der Waals surface area contributed by atoms with Crippen molar-refractivity contribution in [2.24, 2.45) is 0 Å². The highest BCUT2D eigenvalue weighted by atomic mass is 32.1. The maximum absolute atomic E-state index is 12.2. The largest absolute Gasteiger partial charge is 0.489 e. The van der Waals surface area contributed by atoms with Crippen molar-refractivity contribution >= 4 is 23.1 Å². The molecule has 27 heavy (non-hydrogen) atoms. The quantitative estimate of drug-likeness (QED) is 0.446. The fourth-order valence-electron chi connectivity index (χ4n) is 2.45. The zero-order chi connectivity index (χ0) is 19.4. The zero-order valence-corrected chi connectivity index (χ0v) is 16.1. The van der Waals surface area contributed by atoms with Gasteiger partial charge in [-0.2, -0.15) is 0 Å². The molecule has 6 nitrogen and oxygen atoms in total. The lowest BCUT2D eigenvalue weighted by Crippen LogP contribution is -2.13. The second-order valence-corrected chi connectivity index (χ2v) is 7.32. The monoisotopic (exact) mass is 385 g/mol. The fourth-order valence-corrected chi connectivity index (χ4v) is 3.24. The number of rotatable bonds is 7. The molecule has 0 aliphatic carbocycles. The number of ether oxygens (including phenoxy) is 2. The lowest BCUT2D eigenvalue weighted by Gasteiger charge is -2.08. The third-order valence-corrected chi connectivity index (χ3v) is 5.03. The van der Waals surface area contributed by atoms with Gasteiger partial charge in [0.15, 0.2) is 6.61 Å². The number of thiophene rings is 1. The Kier molecular flexibility index (Phi) is 5.71. The van der Waals surface area contributed by atoms with Crippen LogP contribution in [0.3, 0.4) is 0 Å². The van der Waals surface area contributed by atoms with Crippen LogP contribution in [-0.4, -0.2) is 23.5 Å². The first-order valence-electron chi connectivity index (χ1n) is 8.35. The highest BCUT2D eigenvalue weighted by molar-refractivity contribution is 7.14. The molecule has 3 rings (SSSR count). The summed E-state index contributed by atoms with van der Waals surface area (Å²) in [5.74, 6) is 0.432. The average Bonchev–Trinajstić information content (AvgIpc) is 3.23.